The number of anilines is 1. The smallest absolute Gasteiger partial charge is 0.161 e. The Hall–Kier alpha value is -1.15. The van der Waals surface area contributed by atoms with Crippen molar-refractivity contribution in [2.24, 2.45) is 0 Å². The fraction of sp³-hybridized carbons (Fsp3) is 0.364. The van der Waals surface area contributed by atoms with Gasteiger partial charge >= 0.3 is 0 Å². The van der Waals surface area contributed by atoms with E-state index in [9.17, 15) is 17.2 Å². The lowest BCUT2D eigenvalue weighted by molar-refractivity contribution is 0.579. The summed E-state index contributed by atoms with van der Waals surface area (Å²) in [5.74, 6) is -1.57. The number of halogens is 2. The van der Waals surface area contributed by atoms with Gasteiger partial charge in [-0.25, -0.2) is 17.2 Å². The first-order chi connectivity index (χ1) is 8.87. The molecular formula is C11H10F2N2O2S2. The van der Waals surface area contributed by atoms with E-state index in [0.29, 0.717) is 0 Å². The summed E-state index contributed by atoms with van der Waals surface area (Å²) in [6, 6.07) is 2.65. The molecule has 0 amide bonds. The van der Waals surface area contributed by atoms with Gasteiger partial charge in [0, 0.05) is 11.3 Å². The van der Waals surface area contributed by atoms with Crippen LogP contribution in [0.3, 0.4) is 0 Å². The van der Waals surface area contributed by atoms with Crippen molar-refractivity contribution in [3.63, 3.8) is 0 Å². The SMILES string of the molecule is N=C1S[C@H]2CS(=O)(=O)C[C@H]2N1c1ccc(F)cc1F. The molecule has 4 nitrogen and oxygen atoms in total. The van der Waals surface area contributed by atoms with Crippen molar-refractivity contribution in [3.05, 3.63) is 29.8 Å². The average Bonchev–Trinajstić information content (AvgIpc) is 2.70. The zero-order chi connectivity index (χ0) is 13.8. The minimum absolute atomic E-state index is 0.00400. The van der Waals surface area contributed by atoms with Crippen LogP contribution in [0.15, 0.2) is 18.2 Å². The summed E-state index contributed by atoms with van der Waals surface area (Å²) in [6.07, 6.45) is 0. The van der Waals surface area contributed by atoms with Gasteiger partial charge in [0.05, 0.1) is 23.2 Å². The second kappa shape index (κ2) is 4.17. The summed E-state index contributed by atoms with van der Waals surface area (Å²) >= 11 is 1.12. The van der Waals surface area contributed by atoms with Crippen LogP contribution in [0.25, 0.3) is 0 Å². The molecule has 2 fully saturated rings. The zero-order valence-electron chi connectivity index (χ0n) is 9.64. The summed E-state index contributed by atoms with van der Waals surface area (Å²) in [7, 11) is -3.15. The molecule has 2 atom stereocenters. The summed E-state index contributed by atoms with van der Waals surface area (Å²) in [4.78, 5) is 1.36. The van der Waals surface area contributed by atoms with Crippen LogP contribution in [0.5, 0.6) is 0 Å². The van der Waals surface area contributed by atoms with Gasteiger partial charge in [-0.05, 0) is 12.1 Å². The van der Waals surface area contributed by atoms with Gasteiger partial charge in [-0.1, -0.05) is 11.8 Å². The number of nitrogens with zero attached hydrogens (tertiary/aromatic N) is 1. The number of sulfone groups is 1. The Balaban J connectivity index is 2.02. The molecule has 0 radical (unpaired) electrons. The topological polar surface area (TPSA) is 61.2 Å². The molecule has 2 aliphatic rings. The zero-order valence-corrected chi connectivity index (χ0v) is 11.3. The molecule has 1 aromatic carbocycles. The summed E-state index contributed by atoms with van der Waals surface area (Å²) in [5.41, 5.74) is 0.0588. The number of benzene rings is 1. The standard InChI is InChI=1S/C11H10F2N2O2S2/c12-6-1-2-8(7(13)3-6)15-9-4-19(16,17)5-10(9)18-11(15)14/h1-3,9-10,14H,4-5H2/t9-,10+/m1/s1. The average molecular weight is 304 g/mol. The maximum Gasteiger partial charge on any atom is 0.161 e. The predicted octanol–water partition coefficient (Wildman–Crippen LogP) is 1.62. The first kappa shape index (κ1) is 12.9. The minimum Gasteiger partial charge on any atom is -0.313 e. The Morgan fingerprint density at radius 1 is 1.32 bits per heavy atom. The molecule has 2 heterocycles. The summed E-state index contributed by atoms with van der Waals surface area (Å²) < 4.78 is 49.9. The molecule has 1 aromatic rings. The van der Waals surface area contributed by atoms with Crippen LogP contribution < -0.4 is 4.90 Å². The van der Waals surface area contributed by atoms with E-state index in [4.69, 9.17) is 5.41 Å². The number of thioether (sulfide) groups is 1. The molecule has 2 aliphatic heterocycles. The highest BCUT2D eigenvalue weighted by molar-refractivity contribution is 8.15. The second-order valence-corrected chi connectivity index (χ2v) is 7.95. The molecular weight excluding hydrogens is 294 g/mol. The third-order valence-corrected chi connectivity index (χ3v) is 6.39. The highest BCUT2D eigenvalue weighted by atomic mass is 32.2. The van der Waals surface area contributed by atoms with Crippen molar-refractivity contribution in [2.75, 3.05) is 16.4 Å². The fourth-order valence-corrected chi connectivity index (χ4v) is 6.25. The first-order valence-electron chi connectivity index (χ1n) is 5.57. The number of amidine groups is 1. The second-order valence-electron chi connectivity index (χ2n) is 4.57. The molecule has 2 saturated heterocycles. The van der Waals surface area contributed by atoms with E-state index in [-0.39, 0.29) is 27.6 Å². The Morgan fingerprint density at radius 3 is 2.74 bits per heavy atom. The van der Waals surface area contributed by atoms with Crippen LogP contribution >= 0.6 is 11.8 Å². The van der Waals surface area contributed by atoms with Crippen molar-refractivity contribution in [1.82, 2.24) is 0 Å². The number of rotatable bonds is 1. The number of hydrogen-bond acceptors (Lipinski definition) is 4. The Labute approximate surface area is 113 Å². The molecule has 19 heavy (non-hydrogen) atoms. The molecule has 0 aromatic heterocycles. The lowest BCUT2D eigenvalue weighted by atomic mass is 10.2. The molecule has 0 saturated carbocycles. The van der Waals surface area contributed by atoms with Gasteiger partial charge in [-0.2, -0.15) is 0 Å². The molecule has 8 heteroatoms. The van der Waals surface area contributed by atoms with E-state index in [1.807, 2.05) is 0 Å². The van der Waals surface area contributed by atoms with Crippen LogP contribution in [0.2, 0.25) is 0 Å². The van der Waals surface area contributed by atoms with E-state index >= 15 is 0 Å². The van der Waals surface area contributed by atoms with Crippen molar-refractivity contribution in [3.8, 4) is 0 Å². The first-order valence-corrected chi connectivity index (χ1v) is 8.27. The number of nitrogens with one attached hydrogen (secondary N) is 1. The minimum atomic E-state index is -3.15. The van der Waals surface area contributed by atoms with E-state index in [1.54, 1.807) is 0 Å². The van der Waals surface area contributed by atoms with Crippen LogP contribution in [0.1, 0.15) is 0 Å². The molecule has 102 valence electrons. The van der Waals surface area contributed by atoms with Gasteiger partial charge < -0.3 is 4.90 Å². The molecule has 0 unspecified atom stereocenters. The molecule has 0 aliphatic carbocycles. The summed E-state index contributed by atoms with van der Waals surface area (Å²) in [6.45, 7) is 0. The Morgan fingerprint density at radius 2 is 2.05 bits per heavy atom. The molecule has 1 N–H and O–H groups in total. The highest BCUT2D eigenvalue weighted by Crippen LogP contribution is 2.40. The monoisotopic (exact) mass is 304 g/mol. The lowest BCUT2D eigenvalue weighted by Gasteiger charge is -2.24. The fourth-order valence-electron chi connectivity index (χ4n) is 2.47. The Bertz CT molecular complexity index is 663. The van der Waals surface area contributed by atoms with Gasteiger partial charge in [0.25, 0.3) is 0 Å². The van der Waals surface area contributed by atoms with Crippen LogP contribution in [0.4, 0.5) is 14.5 Å². The third-order valence-electron chi connectivity index (χ3n) is 3.25. The van der Waals surface area contributed by atoms with E-state index < -0.39 is 27.5 Å². The quantitative estimate of drug-likeness (QED) is 0.856. The van der Waals surface area contributed by atoms with E-state index in [1.165, 1.54) is 11.0 Å². The normalized spacial score (nSPS) is 28.7. The molecule has 0 spiro atoms. The van der Waals surface area contributed by atoms with Crippen molar-refractivity contribution < 1.29 is 17.2 Å². The predicted molar refractivity (Wildman–Crippen MR) is 70.4 cm³/mol. The molecule has 3 rings (SSSR count). The van der Waals surface area contributed by atoms with Crippen LogP contribution in [0, 0.1) is 17.0 Å². The maximum absolute atomic E-state index is 13.8. The van der Waals surface area contributed by atoms with Crippen LogP contribution in [-0.2, 0) is 9.84 Å². The number of fused-ring (bicyclic) bond motifs is 1. The lowest BCUT2D eigenvalue weighted by Crippen LogP contribution is -2.37. The van der Waals surface area contributed by atoms with E-state index in [2.05, 4.69) is 0 Å². The van der Waals surface area contributed by atoms with Crippen molar-refractivity contribution in [2.45, 2.75) is 11.3 Å². The third kappa shape index (κ3) is 2.12. The van der Waals surface area contributed by atoms with Gasteiger partial charge in [0.15, 0.2) is 15.0 Å². The number of hydrogen-bond donors (Lipinski definition) is 1. The maximum atomic E-state index is 13.8. The van der Waals surface area contributed by atoms with E-state index in [0.717, 1.165) is 23.9 Å². The largest absolute Gasteiger partial charge is 0.313 e. The van der Waals surface area contributed by atoms with Crippen molar-refractivity contribution >= 4 is 32.5 Å². The Kier molecular flexibility index (Phi) is 2.82. The van der Waals surface area contributed by atoms with Gasteiger partial charge in [0.2, 0.25) is 0 Å². The van der Waals surface area contributed by atoms with Gasteiger partial charge in [0.1, 0.15) is 11.6 Å². The summed E-state index contributed by atoms with van der Waals surface area (Å²) in [5, 5.41) is 7.71. The van der Waals surface area contributed by atoms with Crippen molar-refractivity contribution in [1.29, 1.82) is 5.41 Å². The van der Waals surface area contributed by atoms with Crippen LogP contribution in [-0.4, -0.2) is 36.4 Å². The highest BCUT2D eigenvalue weighted by Gasteiger charge is 2.49. The van der Waals surface area contributed by atoms with Gasteiger partial charge in [-0.15, -0.1) is 0 Å². The van der Waals surface area contributed by atoms with Gasteiger partial charge in [-0.3, -0.25) is 5.41 Å². The molecule has 0 bridgehead atoms.